The maximum atomic E-state index is 13.4. The highest BCUT2D eigenvalue weighted by Gasteiger charge is 2.25. The van der Waals surface area contributed by atoms with E-state index in [-0.39, 0.29) is 5.82 Å². The van der Waals surface area contributed by atoms with Gasteiger partial charge in [-0.25, -0.2) is 14.2 Å². The lowest BCUT2D eigenvalue weighted by atomic mass is 9.91. The van der Waals surface area contributed by atoms with Crippen molar-refractivity contribution in [2.75, 3.05) is 31.6 Å². The number of benzene rings is 2. The van der Waals surface area contributed by atoms with Gasteiger partial charge in [-0.1, -0.05) is 5.16 Å². The van der Waals surface area contributed by atoms with Crippen LogP contribution in [0.5, 0.6) is 0 Å². The van der Waals surface area contributed by atoms with E-state index in [0.717, 1.165) is 60.2 Å². The van der Waals surface area contributed by atoms with Gasteiger partial charge in [0.25, 0.3) is 0 Å². The first kappa shape index (κ1) is 20.8. The number of hydrogen-bond acceptors (Lipinski definition) is 7. The van der Waals surface area contributed by atoms with E-state index in [0.29, 0.717) is 23.8 Å². The third-order valence-corrected chi connectivity index (χ3v) is 6.66. The fourth-order valence-corrected chi connectivity index (χ4v) is 4.91. The van der Waals surface area contributed by atoms with Crippen molar-refractivity contribution in [2.45, 2.75) is 25.2 Å². The predicted octanol–water partition coefficient (Wildman–Crippen LogP) is 5.39. The van der Waals surface area contributed by atoms with Gasteiger partial charge in [0.2, 0.25) is 0 Å². The van der Waals surface area contributed by atoms with Crippen molar-refractivity contribution in [1.82, 2.24) is 15.0 Å². The predicted molar refractivity (Wildman–Crippen MR) is 122 cm³/mol. The molecule has 0 saturated carbocycles. The lowest BCUT2D eigenvalue weighted by molar-refractivity contribution is 0.145. The van der Waals surface area contributed by atoms with Crippen LogP contribution in [-0.4, -0.2) is 47.4 Å². The van der Waals surface area contributed by atoms with Gasteiger partial charge in [0.1, 0.15) is 5.82 Å². The van der Waals surface area contributed by atoms with Crippen LogP contribution >= 0.6 is 11.3 Å². The van der Waals surface area contributed by atoms with Crippen molar-refractivity contribution in [3.05, 3.63) is 53.4 Å². The molecule has 0 spiro atoms. The van der Waals surface area contributed by atoms with Crippen molar-refractivity contribution >= 4 is 44.3 Å². The maximum absolute atomic E-state index is 13.4. The zero-order valence-electron chi connectivity index (χ0n) is 17.4. The van der Waals surface area contributed by atoms with Gasteiger partial charge in [-0.3, -0.25) is 5.32 Å². The number of nitrogens with one attached hydrogen (secondary N) is 1. The minimum atomic E-state index is -0.443. The lowest BCUT2D eigenvalue weighted by Crippen LogP contribution is -2.34. The summed E-state index contributed by atoms with van der Waals surface area (Å²) in [6, 6.07) is 10.2. The molecule has 1 aliphatic heterocycles. The molecule has 0 unspecified atom stereocenters. The van der Waals surface area contributed by atoms with E-state index < -0.39 is 6.09 Å². The number of carbonyl (C=O) groups excluding carboxylic acids is 1. The molecule has 1 amide bonds. The van der Waals surface area contributed by atoms with E-state index in [1.165, 1.54) is 23.5 Å². The highest BCUT2D eigenvalue weighted by atomic mass is 32.1. The van der Waals surface area contributed by atoms with E-state index in [1.54, 1.807) is 11.6 Å². The number of rotatable bonds is 6. The Balaban J connectivity index is 1.04. The van der Waals surface area contributed by atoms with Crippen LogP contribution in [0.15, 0.2) is 46.4 Å². The molecule has 5 rings (SSSR count). The van der Waals surface area contributed by atoms with Crippen LogP contribution in [0.1, 0.15) is 30.9 Å². The van der Waals surface area contributed by atoms with Gasteiger partial charge in [0.15, 0.2) is 5.58 Å². The van der Waals surface area contributed by atoms with Gasteiger partial charge in [0, 0.05) is 29.6 Å². The molecule has 7 nitrogen and oxygen atoms in total. The molecule has 3 heterocycles. The zero-order valence-corrected chi connectivity index (χ0v) is 18.2. The summed E-state index contributed by atoms with van der Waals surface area (Å²) in [6.07, 6.45) is 2.28. The Hall–Kier alpha value is -3.04. The molecule has 1 fully saturated rings. The molecule has 9 heteroatoms. The van der Waals surface area contributed by atoms with E-state index in [9.17, 15) is 9.18 Å². The van der Waals surface area contributed by atoms with Crippen LogP contribution in [0.25, 0.3) is 21.2 Å². The molecular formula is C23H23FN4O3S. The van der Waals surface area contributed by atoms with Crippen molar-refractivity contribution in [2.24, 2.45) is 0 Å². The van der Waals surface area contributed by atoms with Crippen molar-refractivity contribution in [1.29, 1.82) is 0 Å². The molecule has 4 aromatic rings. The number of thiazole rings is 1. The number of fused-ring (bicyclic) bond motifs is 2. The number of likely N-dealkylation sites (tertiary alicyclic amines) is 1. The molecule has 1 saturated heterocycles. The summed E-state index contributed by atoms with van der Waals surface area (Å²) in [5.41, 5.74) is 4.84. The number of amides is 1. The number of carbonyl (C=O) groups is 1. The van der Waals surface area contributed by atoms with Crippen LogP contribution in [0.4, 0.5) is 14.9 Å². The first-order valence-corrected chi connectivity index (χ1v) is 11.6. The van der Waals surface area contributed by atoms with Crippen molar-refractivity contribution < 1.29 is 18.4 Å². The monoisotopic (exact) mass is 454 g/mol. The second-order valence-corrected chi connectivity index (χ2v) is 8.86. The molecule has 0 bridgehead atoms. The third-order valence-electron chi connectivity index (χ3n) is 5.87. The molecule has 0 aliphatic carbocycles. The van der Waals surface area contributed by atoms with Crippen LogP contribution < -0.4 is 5.32 Å². The molecule has 2 aromatic carbocycles. The number of nitrogens with zero attached hydrogens (tertiary/aromatic N) is 3. The average Bonchev–Trinajstić information content (AvgIpc) is 3.43. The summed E-state index contributed by atoms with van der Waals surface area (Å²) in [4.78, 5) is 18.6. The molecular weight excluding hydrogens is 431 g/mol. The first-order chi connectivity index (χ1) is 15.7. The third kappa shape index (κ3) is 4.58. The quantitative estimate of drug-likeness (QED) is 0.393. The molecule has 1 N–H and O–H groups in total. The van der Waals surface area contributed by atoms with Gasteiger partial charge < -0.3 is 14.2 Å². The fourth-order valence-electron chi connectivity index (χ4n) is 4.20. The molecule has 166 valence electrons. The average molecular weight is 455 g/mol. The number of aromatic nitrogens is 2. The Morgan fingerprint density at radius 1 is 1.25 bits per heavy atom. The number of ether oxygens (including phenoxy) is 1. The van der Waals surface area contributed by atoms with Crippen LogP contribution in [0.3, 0.4) is 0 Å². The minimum Gasteiger partial charge on any atom is -0.449 e. The van der Waals surface area contributed by atoms with Gasteiger partial charge in [-0.2, -0.15) is 0 Å². The number of hydrogen-bond donors (Lipinski definition) is 1. The summed E-state index contributed by atoms with van der Waals surface area (Å²) in [7, 11) is 0. The Bertz CT molecular complexity index is 1230. The summed E-state index contributed by atoms with van der Waals surface area (Å²) in [6.45, 7) is 3.13. The first-order valence-electron chi connectivity index (χ1n) is 10.7. The van der Waals surface area contributed by atoms with Crippen molar-refractivity contribution in [3.8, 4) is 0 Å². The summed E-state index contributed by atoms with van der Waals surface area (Å²) >= 11 is 1.53. The Morgan fingerprint density at radius 3 is 3.00 bits per heavy atom. The number of halogens is 1. The van der Waals surface area contributed by atoms with E-state index >= 15 is 0 Å². The summed E-state index contributed by atoms with van der Waals surface area (Å²) in [5, 5.41) is 7.87. The van der Waals surface area contributed by atoms with E-state index in [1.807, 2.05) is 18.2 Å². The summed E-state index contributed by atoms with van der Waals surface area (Å²) in [5.74, 6) is 0.00247. The molecule has 2 aromatic heterocycles. The van der Waals surface area contributed by atoms with Crippen LogP contribution in [-0.2, 0) is 4.74 Å². The Morgan fingerprint density at radius 2 is 2.12 bits per heavy atom. The molecule has 1 aliphatic rings. The zero-order chi connectivity index (χ0) is 21.9. The highest BCUT2D eigenvalue weighted by Crippen LogP contribution is 2.32. The summed E-state index contributed by atoms with van der Waals surface area (Å²) < 4.78 is 25.0. The second-order valence-electron chi connectivity index (χ2n) is 7.97. The van der Waals surface area contributed by atoms with Gasteiger partial charge in [-0.15, -0.1) is 11.3 Å². The number of anilines is 1. The van der Waals surface area contributed by atoms with Crippen LogP contribution in [0.2, 0.25) is 0 Å². The number of piperidine rings is 1. The minimum absolute atomic E-state index is 0.313. The lowest BCUT2D eigenvalue weighted by Gasteiger charge is -2.31. The molecule has 0 atom stereocenters. The molecule has 32 heavy (non-hydrogen) atoms. The Labute approximate surface area is 188 Å². The Kier molecular flexibility index (Phi) is 6.00. The maximum Gasteiger partial charge on any atom is 0.411 e. The standard InChI is InChI=1S/C23H23FN4O3S/c24-16-2-4-18-20(12-16)31-27-22(18)15-6-9-28(10-7-15)8-1-11-30-23(29)26-17-3-5-19-21(13-17)32-14-25-19/h2-5,12-15H,1,6-11H2,(H,26,29). The van der Waals surface area contributed by atoms with Gasteiger partial charge in [0.05, 0.1) is 28.0 Å². The van der Waals surface area contributed by atoms with Crippen LogP contribution in [0, 0.1) is 5.82 Å². The van der Waals surface area contributed by atoms with E-state index in [2.05, 4.69) is 20.4 Å². The topological polar surface area (TPSA) is 80.5 Å². The smallest absolute Gasteiger partial charge is 0.411 e. The second kappa shape index (κ2) is 9.22. The van der Waals surface area contributed by atoms with Gasteiger partial charge in [-0.05, 0) is 62.7 Å². The largest absolute Gasteiger partial charge is 0.449 e. The van der Waals surface area contributed by atoms with Crippen molar-refractivity contribution in [3.63, 3.8) is 0 Å². The SMILES string of the molecule is O=C(Nc1ccc2ncsc2c1)OCCCN1CCC(c2noc3cc(F)ccc23)CC1. The molecule has 0 radical (unpaired) electrons. The van der Waals surface area contributed by atoms with Gasteiger partial charge >= 0.3 is 6.09 Å². The normalized spacial score (nSPS) is 15.4. The van der Waals surface area contributed by atoms with E-state index in [4.69, 9.17) is 9.26 Å². The fraction of sp³-hybridized carbons (Fsp3) is 0.348. The highest BCUT2D eigenvalue weighted by molar-refractivity contribution is 7.16.